The first-order valence-electron chi connectivity index (χ1n) is 6.44. The molecule has 1 aromatic heterocycles. The summed E-state index contributed by atoms with van der Waals surface area (Å²) in [6.07, 6.45) is 2.59. The fourth-order valence-electron chi connectivity index (χ4n) is 2.68. The van der Waals surface area contributed by atoms with Crippen molar-refractivity contribution in [2.24, 2.45) is 5.73 Å². The molecular formula is C14H15F2N3. The van der Waals surface area contributed by atoms with Gasteiger partial charge in [-0.05, 0) is 31.5 Å². The van der Waals surface area contributed by atoms with Crippen LogP contribution < -0.4 is 5.73 Å². The zero-order chi connectivity index (χ0) is 13.4. The molecule has 0 aliphatic carbocycles. The van der Waals surface area contributed by atoms with Gasteiger partial charge in [0.1, 0.15) is 17.5 Å². The highest BCUT2D eigenvalue weighted by molar-refractivity contribution is 5.63. The first kappa shape index (κ1) is 12.3. The lowest BCUT2D eigenvalue weighted by molar-refractivity contribution is 0.585. The highest BCUT2D eigenvalue weighted by Crippen LogP contribution is 2.31. The molecule has 2 aromatic rings. The van der Waals surface area contributed by atoms with Gasteiger partial charge in [-0.3, -0.25) is 0 Å². The third-order valence-electron chi connectivity index (χ3n) is 3.50. The Balaban J connectivity index is 2.12. The first-order valence-corrected chi connectivity index (χ1v) is 6.44. The molecule has 1 aliphatic rings. The Labute approximate surface area is 110 Å². The molecule has 0 radical (unpaired) electrons. The van der Waals surface area contributed by atoms with Gasteiger partial charge in [-0.15, -0.1) is 0 Å². The molecule has 0 atom stereocenters. The van der Waals surface area contributed by atoms with Crippen molar-refractivity contribution in [1.82, 2.24) is 9.55 Å². The molecule has 2 heterocycles. The van der Waals surface area contributed by atoms with E-state index in [2.05, 4.69) is 9.55 Å². The Hall–Kier alpha value is -1.75. The summed E-state index contributed by atoms with van der Waals surface area (Å²) in [5.41, 5.74) is 7.62. The highest BCUT2D eigenvalue weighted by atomic mass is 19.1. The SMILES string of the molecule is NCCc1nc(-c2ccc(F)cc2F)c2n1CCC2. The van der Waals surface area contributed by atoms with Gasteiger partial charge in [0.25, 0.3) is 0 Å². The van der Waals surface area contributed by atoms with Crippen LogP contribution in [0.15, 0.2) is 18.2 Å². The topological polar surface area (TPSA) is 43.8 Å². The van der Waals surface area contributed by atoms with E-state index >= 15 is 0 Å². The minimum absolute atomic E-state index is 0.371. The zero-order valence-corrected chi connectivity index (χ0v) is 10.5. The molecule has 1 aromatic carbocycles. The number of nitrogens with two attached hydrogens (primary N) is 1. The van der Waals surface area contributed by atoms with E-state index in [1.54, 1.807) is 0 Å². The van der Waals surface area contributed by atoms with Gasteiger partial charge in [-0.2, -0.15) is 0 Å². The van der Waals surface area contributed by atoms with Gasteiger partial charge in [-0.25, -0.2) is 13.8 Å². The lowest BCUT2D eigenvalue weighted by Crippen LogP contribution is -2.08. The quantitative estimate of drug-likeness (QED) is 0.923. The normalized spacial score (nSPS) is 13.8. The molecule has 3 nitrogen and oxygen atoms in total. The minimum Gasteiger partial charge on any atom is -0.331 e. The molecule has 0 bridgehead atoms. The van der Waals surface area contributed by atoms with Crippen molar-refractivity contribution < 1.29 is 8.78 Å². The van der Waals surface area contributed by atoms with Crippen molar-refractivity contribution in [3.05, 3.63) is 41.4 Å². The molecule has 0 amide bonds. The Morgan fingerprint density at radius 3 is 2.89 bits per heavy atom. The van der Waals surface area contributed by atoms with Gasteiger partial charge >= 0.3 is 0 Å². The van der Waals surface area contributed by atoms with E-state index in [0.29, 0.717) is 24.2 Å². The van der Waals surface area contributed by atoms with Crippen molar-refractivity contribution in [1.29, 1.82) is 0 Å². The van der Waals surface area contributed by atoms with Crippen LogP contribution >= 0.6 is 0 Å². The van der Waals surface area contributed by atoms with Gasteiger partial charge in [-0.1, -0.05) is 0 Å². The van der Waals surface area contributed by atoms with Crippen LogP contribution in [-0.2, 0) is 19.4 Å². The van der Waals surface area contributed by atoms with Crippen LogP contribution in [0.4, 0.5) is 8.78 Å². The number of rotatable bonds is 3. The van der Waals surface area contributed by atoms with Crippen LogP contribution in [0.3, 0.4) is 0 Å². The average Bonchev–Trinajstić information content (AvgIpc) is 2.94. The summed E-state index contributed by atoms with van der Waals surface area (Å²) in [7, 11) is 0. The summed E-state index contributed by atoms with van der Waals surface area (Å²) < 4.78 is 29.0. The molecule has 0 spiro atoms. The molecule has 19 heavy (non-hydrogen) atoms. The summed E-state index contributed by atoms with van der Waals surface area (Å²) in [6.45, 7) is 1.42. The molecule has 1 aliphatic heterocycles. The third-order valence-corrected chi connectivity index (χ3v) is 3.50. The second kappa shape index (κ2) is 4.74. The van der Waals surface area contributed by atoms with Crippen LogP contribution in [0.25, 0.3) is 11.3 Å². The van der Waals surface area contributed by atoms with Crippen molar-refractivity contribution in [2.75, 3.05) is 6.54 Å². The molecule has 3 rings (SSSR count). The Bertz CT molecular complexity index is 619. The van der Waals surface area contributed by atoms with Crippen LogP contribution in [0.2, 0.25) is 0 Å². The smallest absolute Gasteiger partial charge is 0.135 e. The molecule has 0 fully saturated rings. The lowest BCUT2D eigenvalue weighted by Gasteiger charge is -2.02. The maximum Gasteiger partial charge on any atom is 0.135 e. The summed E-state index contributed by atoms with van der Waals surface area (Å²) >= 11 is 0. The van der Waals surface area contributed by atoms with Crippen LogP contribution in [-0.4, -0.2) is 16.1 Å². The number of imidazole rings is 1. The molecule has 2 N–H and O–H groups in total. The van der Waals surface area contributed by atoms with E-state index in [0.717, 1.165) is 37.0 Å². The summed E-state index contributed by atoms with van der Waals surface area (Å²) in [6, 6.07) is 3.62. The number of hydrogen-bond acceptors (Lipinski definition) is 2. The maximum atomic E-state index is 13.9. The monoisotopic (exact) mass is 263 g/mol. The minimum atomic E-state index is -0.570. The largest absolute Gasteiger partial charge is 0.331 e. The van der Waals surface area contributed by atoms with E-state index in [9.17, 15) is 8.78 Å². The van der Waals surface area contributed by atoms with E-state index in [4.69, 9.17) is 5.73 Å². The van der Waals surface area contributed by atoms with Gasteiger partial charge in [0, 0.05) is 30.3 Å². The Morgan fingerprint density at radius 2 is 2.16 bits per heavy atom. The fraction of sp³-hybridized carbons (Fsp3) is 0.357. The Morgan fingerprint density at radius 1 is 1.32 bits per heavy atom. The van der Waals surface area contributed by atoms with Crippen molar-refractivity contribution in [3.8, 4) is 11.3 Å². The molecule has 0 saturated heterocycles. The summed E-state index contributed by atoms with van der Waals surface area (Å²) in [5.74, 6) is -0.236. The number of benzene rings is 1. The number of fused-ring (bicyclic) bond motifs is 1. The molecule has 0 saturated carbocycles. The molecular weight excluding hydrogens is 248 g/mol. The lowest BCUT2D eigenvalue weighted by atomic mass is 10.1. The van der Waals surface area contributed by atoms with Gasteiger partial charge < -0.3 is 10.3 Å². The summed E-state index contributed by atoms with van der Waals surface area (Å²) in [5, 5.41) is 0. The predicted octanol–water partition coefficient (Wildman–Crippen LogP) is 2.28. The number of hydrogen-bond donors (Lipinski definition) is 1. The molecule has 5 heteroatoms. The Kier molecular flexibility index (Phi) is 3.06. The van der Waals surface area contributed by atoms with Crippen LogP contribution in [0, 0.1) is 11.6 Å². The standard InChI is InChI=1S/C14H15F2N3/c15-9-3-4-10(11(16)8-9)14-12-2-1-7-19(12)13(18-14)5-6-17/h3-4,8H,1-2,5-7,17H2. The highest BCUT2D eigenvalue weighted by Gasteiger charge is 2.23. The third kappa shape index (κ3) is 2.04. The average molecular weight is 263 g/mol. The second-order valence-corrected chi connectivity index (χ2v) is 4.74. The van der Waals surface area contributed by atoms with Crippen LogP contribution in [0.5, 0.6) is 0 Å². The van der Waals surface area contributed by atoms with Gasteiger partial charge in [0.15, 0.2) is 0 Å². The van der Waals surface area contributed by atoms with E-state index < -0.39 is 11.6 Å². The van der Waals surface area contributed by atoms with E-state index in [1.807, 2.05) is 0 Å². The van der Waals surface area contributed by atoms with Gasteiger partial charge in [0.2, 0.25) is 0 Å². The van der Waals surface area contributed by atoms with E-state index in [-0.39, 0.29) is 0 Å². The first-order chi connectivity index (χ1) is 9.20. The molecule has 100 valence electrons. The van der Waals surface area contributed by atoms with Crippen molar-refractivity contribution >= 4 is 0 Å². The van der Waals surface area contributed by atoms with Crippen molar-refractivity contribution in [2.45, 2.75) is 25.8 Å². The maximum absolute atomic E-state index is 13.9. The van der Waals surface area contributed by atoms with Gasteiger partial charge in [0.05, 0.1) is 5.69 Å². The number of halogens is 2. The second-order valence-electron chi connectivity index (χ2n) is 4.74. The number of aromatic nitrogens is 2. The fourth-order valence-corrected chi connectivity index (χ4v) is 2.68. The van der Waals surface area contributed by atoms with E-state index in [1.165, 1.54) is 12.1 Å². The molecule has 0 unspecified atom stereocenters. The number of nitrogens with zero attached hydrogens (tertiary/aromatic N) is 2. The predicted molar refractivity (Wildman–Crippen MR) is 68.7 cm³/mol. The van der Waals surface area contributed by atoms with Crippen LogP contribution in [0.1, 0.15) is 17.9 Å². The summed E-state index contributed by atoms with van der Waals surface area (Å²) in [4.78, 5) is 4.50. The van der Waals surface area contributed by atoms with Crippen molar-refractivity contribution in [3.63, 3.8) is 0 Å². The zero-order valence-electron chi connectivity index (χ0n) is 10.5.